The number of rotatable bonds is 3. The maximum atomic E-state index is 12.3. The number of halogens is 1. The molecular weight excluding hydrogens is 366 g/mol. The van der Waals surface area contributed by atoms with Crippen LogP contribution in [0.1, 0.15) is 21.8 Å². The molecule has 0 aliphatic rings. The van der Waals surface area contributed by atoms with Crippen molar-refractivity contribution >= 4 is 38.3 Å². The van der Waals surface area contributed by atoms with Gasteiger partial charge in [-0.25, -0.2) is 4.98 Å². The quantitative estimate of drug-likeness (QED) is 0.732. The average molecular weight is 378 g/mol. The van der Waals surface area contributed by atoms with E-state index in [-0.39, 0.29) is 5.91 Å². The molecule has 0 unspecified atom stereocenters. The van der Waals surface area contributed by atoms with Gasteiger partial charge in [0.1, 0.15) is 11.3 Å². The Kier molecular flexibility index (Phi) is 4.08. The highest BCUT2D eigenvalue weighted by Crippen LogP contribution is 2.27. The zero-order chi connectivity index (χ0) is 15.7. The predicted molar refractivity (Wildman–Crippen MR) is 89.2 cm³/mol. The smallest absolute Gasteiger partial charge is 0.262 e. The molecule has 7 heteroatoms. The van der Waals surface area contributed by atoms with Crippen molar-refractivity contribution in [1.82, 2.24) is 10.1 Å². The minimum Gasteiger partial charge on any atom is -0.361 e. The molecule has 1 amide bonds. The zero-order valence-corrected chi connectivity index (χ0v) is 14.3. The number of carbonyl (C=O) groups is 1. The van der Waals surface area contributed by atoms with E-state index in [0.717, 1.165) is 15.7 Å². The molecule has 2 heterocycles. The average Bonchev–Trinajstić information content (AvgIpc) is 3.06. The highest BCUT2D eigenvalue weighted by Gasteiger charge is 2.18. The lowest BCUT2D eigenvalue weighted by molar-refractivity contribution is 0.102. The van der Waals surface area contributed by atoms with Crippen LogP contribution in [0.5, 0.6) is 0 Å². The molecule has 112 valence electrons. The van der Waals surface area contributed by atoms with Crippen LogP contribution in [0, 0.1) is 13.8 Å². The molecule has 0 saturated carbocycles. The van der Waals surface area contributed by atoms with Crippen molar-refractivity contribution in [2.24, 2.45) is 0 Å². The molecule has 1 aromatic carbocycles. The molecule has 1 N–H and O–H groups in total. The summed E-state index contributed by atoms with van der Waals surface area (Å²) in [6, 6.07) is 7.85. The Labute approximate surface area is 139 Å². The summed E-state index contributed by atoms with van der Waals surface area (Å²) in [5.41, 5.74) is 2.84. The Morgan fingerprint density at radius 2 is 2.18 bits per heavy atom. The van der Waals surface area contributed by atoms with Crippen molar-refractivity contribution < 1.29 is 9.32 Å². The summed E-state index contributed by atoms with van der Waals surface area (Å²) < 4.78 is 5.99. The van der Waals surface area contributed by atoms with E-state index in [1.165, 1.54) is 11.3 Å². The normalized spacial score (nSPS) is 10.7. The molecule has 5 nitrogen and oxygen atoms in total. The third kappa shape index (κ3) is 2.95. The third-order valence-corrected chi connectivity index (χ3v) is 4.36. The Hall–Kier alpha value is -1.99. The summed E-state index contributed by atoms with van der Waals surface area (Å²) in [6.45, 7) is 3.45. The highest BCUT2D eigenvalue weighted by molar-refractivity contribution is 9.10. The number of benzene rings is 1. The molecular formula is C15H12BrN3O2S. The van der Waals surface area contributed by atoms with E-state index < -0.39 is 0 Å². The topological polar surface area (TPSA) is 68.0 Å². The highest BCUT2D eigenvalue weighted by atomic mass is 79.9. The second kappa shape index (κ2) is 6.02. The first kappa shape index (κ1) is 14.9. The number of thiazole rings is 1. The van der Waals surface area contributed by atoms with Gasteiger partial charge in [-0.2, -0.15) is 0 Å². The molecule has 0 aliphatic carbocycles. The van der Waals surface area contributed by atoms with Crippen molar-refractivity contribution in [2.45, 2.75) is 13.8 Å². The minimum absolute atomic E-state index is 0.258. The van der Waals surface area contributed by atoms with Crippen LogP contribution in [0.25, 0.3) is 11.3 Å². The van der Waals surface area contributed by atoms with Crippen molar-refractivity contribution in [1.29, 1.82) is 0 Å². The molecule has 3 aromatic rings. The minimum atomic E-state index is -0.258. The second-order valence-corrected chi connectivity index (χ2v) is 6.48. The summed E-state index contributed by atoms with van der Waals surface area (Å²) in [6.07, 6.45) is 0. The van der Waals surface area contributed by atoms with Gasteiger partial charge in [0.05, 0.1) is 11.4 Å². The summed E-state index contributed by atoms with van der Waals surface area (Å²) in [5, 5.41) is 9.02. The molecule has 0 saturated heterocycles. The van der Waals surface area contributed by atoms with E-state index in [1.54, 1.807) is 13.8 Å². The van der Waals surface area contributed by atoms with Gasteiger partial charge < -0.3 is 4.52 Å². The van der Waals surface area contributed by atoms with Crippen LogP contribution in [0.2, 0.25) is 0 Å². The number of anilines is 1. The van der Waals surface area contributed by atoms with Gasteiger partial charge in [0, 0.05) is 15.4 Å². The number of amides is 1. The van der Waals surface area contributed by atoms with E-state index in [1.807, 2.05) is 29.6 Å². The third-order valence-electron chi connectivity index (χ3n) is 3.11. The Bertz CT molecular complexity index is 821. The molecule has 2 aromatic heterocycles. The van der Waals surface area contributed by atoms with Crippen molar-refractivity contribution in [3.8, 4) is 11.3 Å². The molecule has 0 radical (unpaired) electrons. The van der Waals surface area contributed by atoms with E-state index in [4.69, 9.17) is 4.52 Å². The summed E-state index contributed by atoms with van der Waals surface area (Å²) in [5.74, 6) is 0.241. The maximum Gasteiger partial charge on any atom is 0.262 e. The van der Waals surface area contributed by atoms with Crippen molar-refractivity contribution in [3.63, 3.8) is 0 Å². The number of hydrogen-bond donors (Lipinski definition) is 1. The molecule has 0 spiro atoms. The predicted octanol–water partition coefficient (Wildman–Crippen LogP) is 4.43. The van der Waals surface area contributed by atoms with Crippen LogP contribution >= 0.6 is 27.3 Å². The molecule has 3 rings (SSSR count). The fourth-order valence-corrected chi connectivity index (χ4v) is 3.19. The van der Waals surface area contributed by atoms with Gasteiger partial charge in [0.25, 0.3) is 5.91 Å². The maximum absolute atomic E-state index is 12.3. The van der Waals surface area contributed by atoms with Gasteiger partial charge in [0.15, 0.2) is 5.13 Å². The Morgan fingerprint density at radius 3 is 2.86 bits per heavy atom. The van der Waals surface area contributed by atoms with E-state index >= 15 is 0 Å². The molecule has 0 aliphatic heterocycles. The Morgan fingerprint density at radius 1 is 1.36 bits per heavy atom. The number of nitrogens with zero attached hydrogens (tertiary/aromatic N) is 2. The van der Waals surface area contributed by atoms with Crippen molar-refractivity contribution in [2.75, 3.05) is 5.32 Å². The van der Waals surface area contributed by atoms with Gasteiger partial charge in [-0.3, -0.25) is 10.1 Å². The first-order valence-corrected chi connectivity index (χ1v) is 8.17. The van der Waals surface area contributed by atoms with Gasteiger partial charge in [-0.05, 0) is 26.0 Å². The second-order valence-electron chi connectivity index (χ2n) is 4.70. The van der Waals surface area contributed by atoms with Crippen LogP contribution in [0.4, 0.5) is 5.13 Å². The molecule has 0 atom stereocenters. The fourth-order valence-electron chi connectivity index (χ4n) is 2.08. The van der Waals surface area contributed by atoms with Crippen molar-refractivity contribution in [3.05, 3.63) is 51.1 Å². The van der Waals surface area contributed by atoms with Crippen LogP contribution in [-0.2, 0) is 0 Å². The lowest BCUT2D eigenvalue weighted by atomic mass is 10.2. The van der Waals surface area contributed by atoms with E-state index in [0.29, 0.717) is 22.1 Å². The molecule has 22 heavy (non-hydrogen) atoms. The lowest BCUT2D eigenvalue weighted by Crippen LogP contribution is -2.13. The number of nitrogens with one attached hydrogen (secondary N) is 1. The Balaban J connectivity index is 1.82. The molecule has 0 bridgehead atoms. The zero-order valence-electron chi connectivity index (χ0n) is 11.9. The summed E-state index contributed by atoms with van der Waals surface area (Å²) >= 11 is 4.82. The monoisotopic (exact) mass is 377 g/mol. The summed E-state index contributed by atoms with van der Waals surface area (Å²) in [4.78, 5) is 16.7. The number of aromatic nitrogens is 2. The standard InChI is InChI=1S/C15H12BrN3O2S/c1-8-13(9(2)21-19-8)14(20)18-15-17-12(7-22-15)10-4-3-5-11(16)6-10/h3-7H,1-2H3,(H,17,18,20). The van der Waals surface area contributed by atoms with Gasteiger partial charge in [-0.1, -0.05) is 33.2 Å². The number of aryl methyl sites for hydroxylation is 2. The lowest BCUT2D eigenvalue weighted by Gasteiger charge is -2.00. The van der Waals surface area contributed by atoms with Crippen LogP contribution in [0.15, 0.2) is 38.6 Å². The van der Waals surface area contributed by atoms with Crippen LogP contribution < -0.4 is 5.32 Å². The van der Waals surface area contributed by atoms with Gasteiger partial charge in [-0.15, -0.1) is 11.3 Å². The number of hydrogen-bond acceptors (Lipinski definition) is 5. The fraction of sp³-hybridized carbons (Fsp3) is 0.133. The first-order chi connectivity index (χ1) is 10.5. The van der Waals surface area contributed by atoms with Crippen LogP contribution in [0.3, 0.4) is 0 Å². The van der Waals surface area contributed by atoms with Crippen LogP contribution in [-0.4, -0.2) is 16.0 Å². The van der Waals surface area contributed by atoms with Gasteiger partial charge >= 0.3 is 0 Å². The number of carbonyl (C=O) groups excluding carboxylic acids is 1. The SMILES string of the molecule is Cc1noc(C)c1C(=O)Nc1nc(-c2cccc(Br)c2)cs1. The molecule has 0 fully saturated rings. The van der Waals surface area contributed by atoms with E-state index in [2.05, 4.69) is 31.4 Å². The largest absolute Gasteiger partial charge is 0.361 e. The summed E-state index contributed by atoms with van der Waals surface area (Å²) in [7, 11) is 0. The van der Waals surface area contributed by atoms with E-state index in [9.17, 15) is 4.79 Å². The van der Waals surface area contributed by atoms with Gasteiger partial charge in [0.2, 0.25) is 0 Å². The first-order valence-electron chi connectivity index (χ1n) is 6.50.